The van der Waals surface area contributed by atoms with Gasteiger partial charge in [-0.2, -0.15) is 0 Å². The van der Waals surface area contributed by atoms with Crippen LogP contribution < -0.4 is 5.73 Å². The standard InChI is InChI=1S/C18H18F5N3OS/c1-18(11-16(27)26(2)17(24)25-18)14-7-3-5-12(9-14)13-6-4-8-15(10-13)28(19,20,21,22)23/h3-10H,11H2,1-2H3,(H2,24,25)/t18-/m0/s1. The lowest BCUT2D eigenvalue weighted by Crippen LogP contribution is -2.47. The number of nitrogens with zero attached hydrogens (tertiary/aromatic N) is 2. The predicted octanol–water partition coefficient (Wildman–Crippen LogP) is 5.40. The van der Waals surface area contributed by atoms with Gasteiger partial charge < -0.3 is 5.73 Å². The first-order chi connectivity index (χ1) is 12.6. The molecule has 152 valence electrons. The molecule has 0 aliphatic carbocycles. The van der Waals surface area contributed by atoms with E-state index >= 15 is 0 Å². The molecule has 2 aromatic carbocycles. The number of aliphatic imine (C=N–C) groups is 1. The van der Waals surface area contributed by atoms with Crippen LogP contribution in [-0.4, -0.2) is 23.8 Å². The Morgan fingerprint density at radius 3 is 2.18 bits per heavy atom. The highest BCUT2D eigenvalue weighted by Crippen LogP contribution is 3.02. The van der Waals surface area contributed by atoms with Crippen molar-refractivity contribution in [2.45, 2.75) is 23.8 Å². The van der Waals surface area contributed by atoms with Gasteiger partial charge in [-0.1, -0.05) is 49.8 Å². The van der Waals surface area contributed by atoms with E-state index in [2.05, 4.69) is 4.99 Å². The van der Waals surface area contributed by atoms with Crippen molar-refractivity contribution in [3.63, 3.8) is 0 Å². The van der Waals surface area contributed by atoms with Crippen molar-refractivity contribution in [3.8, 4) is 11.1 Å². The van der Waals surface area contributed by atoms with Gasteiger partial charge in [0.05, 0.1) is 12.0 Å². The van der Waals surface area contributed by atoms with E-state index in [1.165, 1.54) is 30.1 Å². The van der Waals surface area contributed by atoms with Crippen molar-refractivity contribution in [2.24, 2.45) is 10.7 Å². The summed E-state index contributed by atoms with van der Waals surface area (Å²) in [5, 5.41) is 0. The Morgan fingerprint density at radius 1 is 1.04 bits per heavy atom. The minimum Gasteiger partial charge on any atom is -0.369 e. The number of hydrogen-bond donors (Lipinski definition) is 1. The molecule has 0 fully saturated rings. The van der Waals surface area contributed by atoms with Gasteiger partial charge in [-0.25, -0.2) is 4.99 Å². The first kappa shape index (κ1) is 20.1. The second-order valence-corrected chi connectivity index (χ2v) is 9.36. The minimum atomic E-state index is -9.79. The predicted molar refractivity (Wildman–Crippen MR) is 99.6 cm³/mol. The molecule has 1 aliphatic rings. The summed E-state index contributed by atoms with van der Waals surface area (Å²) in [6.07, 6.45) is 0.0131. The number of halogens is 5. The lowest BCUT2D eigenvalue weighted by molar-refractivity contribution is -0.128. The Kier molecular flexibility index (Phi) is 3.93. The van der Waals surface area contributed by atoms with Crippen LogP contribution in [0.25, 0.3) is 11.1 Å². The van der Waals surface area contributed by atoms with Crippen molar-refractivity contribution in [1.82, 2.24) is 4.90 Å². The van der Waals surface area contributed by atoms with Crippen molar-refractivity contribution >= 4 is 22.1 Å². The van der Waals surface area contributed by atoms with E-state index in [1.807, 2.05) is 0 Å². The van der Waals surface area contributed by atoms with E-state index in [0.29, 0.717) is 23.3 Å². The van der Waals surface area contributed by atoms with Gasteiger partial charge in [0.15, 0.2) is 5.96 Å². The number of benzene rings is 2. The molecule has 3 rings (SSSR count). The van der Waals surface area contributed by atoms with Crippen LogP contribution in [-0.2, 0) is 10.3 Å². The molecular weight excluding hydrogens is 401 g/mol. The van der Waals surface area contributed by atoms with E-state index in [1.54, 1.807) is 19.1 Å². The average molecular weight is 419 g/mol. The number of nitrogens with two attached hydrogens (primary N) is 1. The second kappa shape index (κ2) is 5.47. The largest absolute Gasteiger partial charge is 0.369 e. The minimum absolute atomic E-state index is 0.0131. The third kappa shape index (κ3) is 3.82. The van der Waals surface area contributed by atoms with Gasteiger partial charge in [0.1, 0.15) is 4.90 Å². The summed E-state index contributed by atoms with van der Waals surface area (Å²) in [7, 11) is -8.30. The topological polar surface area (TPSA) is 58.7 Å². The molecule has 0 saturated carbocycles. The van der Waals surface area contributed by atoms with Crippen LogP contribution in [0.4, 0.5) is 19.4 Å². The van der Waals surface area contributed by atoms with Gasteiger partial charge in [-0.15, -0.1) is 0 Å². The molecular formula is C18H18F5N3OS. The average Bonchev–Trinajstić information content (AvgIpc) is 2.58. The maximum absolute atomic E-state index is 13.1. The zero-order chi connectivity index (χ0) is 21.0. The van der Waals surface area contributed by atoms with E-state index < -0.39 is 20.7 Å². The van der Waals surface area contributed by atoms with Gasteiger partial charge >= 0.3 is 10.2 Å². The summed E-state index contributed by atoms with van der Waals surface area (Å²) in [5.41, 5.74) is 5.57. The first-order valence-corrected chi connectivity index (χ1v) is 10.1. The van der Waals surface area contributed by atoms with Crippen molar-refractivity contribution in [2.75, 3.05) is 7.05 Å². The molecule has 2 aromatic rings. The molecule has 4 nitrogen and oxygen atoms in total. The Labute approximate surface area is 158 Å². The van der Waals surface area contributed by atoms with Crippen LogP contribution in [0.15, 0.2) is 58.4 Å². The Morgan fingerprint density at radius 2 is 1.61 bits per heavy atom. The summed E-state index contributed by atoms with van der Waals surface area (Å²) in [4.78, 5) is 15.7. The highest BCUT2D eigenvalue weighted by Gasteiger charge is 2.65. The Balaban J connectivity index is 2.08. The molecule has 0 radical (unpaired) electrons. The molecule has 0 aromatic heterocycles. The molecule has 10 heteroatoms. The first-order valence-electron chi connectivity index (χ1n) is 8.16. The Bertz CT molecular complexity index is 1010. The quantitative estimate of drug-likeness (QED) is 0.677. The monoisotopic (exact) mass is 419 g/mol. The molecule has 0 spiro atoms. The molecule has 1 atom stereocenters. The van der Waals surface area contributed by atoms with Crippen LogP contribution in [0, 0.1) is 0 Å². The Hall–Kier alpha value is -2.62. The van der Waals surface area contributed by atoms with Crippen LogP contribution in [0.5, 0.6) is 0 Å². The lowest BCUT2D eigenvalue weighted by Gasteiger charge is -2.40. The van der Waals surface area contributed by atoms with Crippen molar-refractivity contribution in [1.29, 1.82) is 0 Å². The fourth-order valence-corrected chi connectivity index (χ4v) is 3.71. The smallest absolute Gasteiger partial charge is 0.310 e. The molecule has 1 aliphatic heterocycles. The normalized spacial score (nSPS) is 23.0. The van der Waals surface area contributed by atoms with Gasteiger partial charge in [0.2, 0.25) is 5.91 Å². The fourth-order valence-electron chi connectivity index (χ4n) is 3.02. The molecule has 28 heavy (non-hydrogen) atoms. The van der Waals surface area contributed by atoms with E-state index in [9.17, 15) is 24.2 Å². The molecule has 0 unspecified atom stereocenters. The zero-order valence-corrected chi connectivity index (χ0v) is 15.8. The number of rotatable bonds is 3. The molecule has 1 amide bonds. The van der Waals surface area contributed by atoms with Crippen LogP contribution in [0.2, 0.25) is 0 Å². The van der Waals surface area contributed by atoms with Gasteiger partial charge in [0.25, 0.3) is 0 Å². The number of amides is 1. The van der Waals surface area contributed by atoms with Crippen LogP contribution >= 0.6 is 10.2 Å². The summed E-state index contributed by atoms with van der Waals surface area (Å²) >= 11 is 0. The summed E-state index contributed by atoms with van der Waals surface area (Å²) in [5.74, 6) is -0.240. The third-order valence-electron chi connectivity index (χ3n) is 4.67. The SMILES string of the molecule is CN1C(=O)C[C@@](C)(c2cccc(-c3cccc(S(F)(F)(F)(F)F)c3)c2)N=C1N. The van der Waals surface area contributed by atoms with Crippen molar-refractivity contribution < 1.29 is 24.2 Å². The second-order valence-electron chi connectivity index (χ2n) is 6.95. The number of guanidine groups is 1. The summed E-state index contributed by atoms with van der Waals surface area (Å²) in [6, 6.07) is 9.29. The molecule has 2 N–H and O–H groups in total. The molecule has 0 bridgehead atoms. The zero-order valence-electron chi connectivity index (χ0n) is 15.0. The number of hydrogen-bond acceptors (Lipinski definition) is 3. The highest BCUT2D eigenvalue weighted by molar-refractivity contribution is 8.45. The number of carbonyl (C=O) groups is 1. The maximum Gasteiger partial charge on any atom is 0.310 e. The summed E-state index contributed by atoms with van der Waals surface area (Å²) in [6.45, 7) is 1.68. The van der Waals surface area contributed by atoms with Crippen LogP contribution in [0.1, 0.15) is 18.9 Å². The van der Waals surface area contributed by atoms with E-state index in [-0.39, 0.29) is 23.9 Å². The highest BCUT2D eigenvalue weighted by atomic mass is 32.5. The van der Waals surface area contributed by atoms with Crippen LogP contribution in [0.3, 0.4) is 0 Å². The fraction of sp³-hybridized carbons (Fsp3) is 0.222. The molecule has 1 heterocycles. The van der Waals surface area contributed by atoms with Crippen molar-refractivity contribution in [3.05, 3.63) is 54.1 Å². The van der Waals surface area contributed by atoms with Gasteiger partial charge in [0, 0.05) is 7.05 Å². The number of carbonyl (C=O) groups excluding carboxylic acids is 1. The van der Waals surface area contributed by atoms with Gasteiger partial charge in [-0.05, 0) is 41.8 Å². The van der Waals surface area contributed by atoms with Gasteiger partial charge in [-0.3, -0.25) is 9.69 Å². The summed E-state index contributed by atoms with van der Waals surface area (Å²) < 4.78 is 65.6. The third-order valence-corrected chi connectivity index (χ3v) is 5.82. The van der Waals surface area contributed by atoms with E-state index in [4.69, 9.17) is 5.73 Å². The lowest BCUT2D eigenvalue weighted by atomic mass is 9.86. The van der Waals surface area contributed by atoms with E-state index in [0.717, 1.165) is 6.07 Å². The maximum atomic E-state index is 13.1. The molecule has 0 saturated heterocycles.